The first kappa shape index (κ1) is 23.8. The summed E-state index contributed by atoms with van der Waals surface area (Å²) in [5.41, 5.74) is 1.47. The van der Waals surface area contributed by atoms with Crippen molar-refractivity contribution in [1.82, 2.24) is 20.1 Å². The van der Waals surface area contributed by atoms with E-state index in [1.807, 2.05) is 0 Å². The van der Waals surface area contributed by atoms with Gasteiger partial charge in [-0.25, -0.2) is 4.79 Å². The number of ether oxygens (including phenoxy) is 2. The molecule has 0 bridgehead atoms. The summed E-state index contributed by atoms with van der Waals surface area (Å²) in [7, 11) is 4.63. The lowest BCUT2D eigenvalue weighted by Gasteiger charge is -2.07. The van der Waals surface area contributed by atoms with E-state index in [1.54, 1.807) is 67.3 Å². The molecule has 0 atom stereocenters. The number of benzene rings is 2. The Kier molecular flexibility index (Phi) is 8.03. The smallest absolute Gasteiger partial charge is 0.337 e. The number of aromatic nitrogens is 3. The molecule has 3 rings (SSSR count). The van der Waals surface area contributed by atoms with Crippen LogP contribution in [0.15, 0.2) is 53.7 Å². The maximum Gasteiger partial charge on any atom is 0.337 e. The van der Waals surface area contributed by atoms with E-state index in [4.69, 9.17) is 4.74 Å². The number of esters is 1. The number of nitrogens with one attached hydrogen (secondary N) is 2. The van der Waals surface area contributed by atoms with Crippen molar-refractivity contribution in [1.29, 1.82) is 0 Å². The van der Waals surface area contributed by atoms with Crippen molar-refractivity contribution < 1.29 is 23.9 Å². The molecule has 0 unspecified atom stereocenters. The van der Waals surface area contributed by atoms with Gasteiger partial charge in [0.15, 0.2) is 11.0 Å². The van der Waals surface area contributed by atoms with Crippen LogP contribution in [0.2, 0.25) is 0 Å². The van der Waals surface area contributed by atoms with Gasteiger partial charge in [0.05, 0.1) is 32.1 Å². The van der Waals surface area contributed by atoms with Crippen LogP contribution in [0.4, 0.5) is 5.69 Å². The molecule has 10 nitrogen and oxygen atoms in total. The van der Waals surface area contributed by atoms with Crippen LogP contribution in [0, 0.1) is 0 Å². The highest BCUT2D eigenvalue weighted by atomic mass is 32.2. The fourth-order valence-corrected chi connectivity index (χ4v) is 3.49. The summed E-state index contributed by atoms with van der Waals surface area (Å²) >= 11 is 1.22. The molecular formula is C22H23N5O5S. The summed E-state index contributed by atoms with van der Waals surface area (Å²) < 4.78 is 11.5. The second-order valence-corrected chi connectivity index (χ2v) is 7.72. The quantitative estimate of drug-likeness (QED) is 0.361. The number of hydrogen-bond acceptors (Lipinski definition) is 8. The average Bonchev–Trinajstić information content (AvgIpc) is 3.20. The third-order valence-corrected chi connectivity index (χ3v) is 5.63. The van der Waals surface area contributed by atoms with Gasteiger partial charge in [-0.15, -0.1) is 10.2 Å². The summed E-state index contributed by atoms with van der Waals surface area (Å²) in [5.74, 6) is 0.419. The molecule has 0 aliphatic rings. The molecule has 0 aliphatic carbocycles. The number of hydrogen-bond donors (Lipinski definition) is 2. The van der Waals surface area contributed by atoms with Gasteiger partial charge in [0.25, 0.3) is 5.91 Å². The van der Waals surface area contributed by atoms with Crippen molar-refractivity contribution in [3.05, 3.63) is 65.5 Å². The molecule has 0 spiro atoms. The maximum absolute atomic E-state index is 12.3. The number of nitrogens with zero attached hydrogens (tertiary/aromatic N) is 3. The van der Waals surface area contributed by atoms with E-state index in [-0.39, 0.29) is 24.1 Å². The molecule has 11 heteroatoms. The molecule has 172 valence electrons. The highest BCUT2D eigenvalue weighted by Gasteiger charge is 2.14. The van der Waals surface area contributed by atoms with Gasteiger partial charge in [-0.3, -0.25) is 9.59 Å². The van der Waals surface area contributed by atoms with Crippen LogP contribution in [0.5, 0.6) is 5.75 Å². The summed E-state index contributed by atoms with van der Waals surface area (Å²) in [6.07, 6.45) is 0. The Labute approximate surface area is 194 Å². The lowest BCUT2D eigenvalue weighted by Crippen LogP contribution is -2.24. The van der Waals surface area contributed by atoms with Crippen molar-refractivity contribution in [3.8, 4) is 5.75 Å². The highest BCUT2D eigenvalue weighted by molar-refractivity contribution is 7.99. The molecule has 0 saturated carbocycles. The van der Waals surface area contributed by atoms with Crippen molar-refractivity contribution in [2.75, 3.05) is 25.3 Å². The minimum atomic E-state index is -0.443. The van der Waals surface area contributed by atoms with Gasteiger partial charge in [0.2, 0.25) is 5.91 Å². The van der Waals surface area contributed by atoms with Crippen LogP contribution in [0.1, 0.15) is 26.5 Å². The number of carbonyl (C=O) groups excluding carboxylic acids is 3. The van der Waals surface area contributed by atoms with Gasteiger partial charge in [-0.2, -0.15) is 0 Å². The third kappa shape index (κ3) is 6.32. The molecule has 0 fully saturated rings. The predicted octanol–water partition coefficient (Wildman–Crippen LogP) is 2.27. The summed E-state index contributed by atoms with van der Waals surface area (Å²) in [6.45, 7) is 0.188. The zero-order valence-corrected chi connectivity index (χ0v) is 19.1. The second-order valence-electron chi connectivity index (χ2n) is 6.77. The van der Waals surface area contributed by atoms with E-state index < -0.39 is 5.97 Å². The standard InChI is InChI=1S/C22H23N5O5S/c1-27-18(12-23-20(29)14-6-10-17(31-2)11-7-14)25-26-22(27)33-13-19(28)24-16-8-4-15(5-9-16)21(30)32-3/h4-11H,12-13H2,1-3H3,(H,23,29)(H,24,28). The minimum Gasteiger partial charge on any atom is -0.497 e. The second kappa shape index (κ2) is 11.1. The molecule has 2 aromatic carbocycles. The van der Waals surface area contributed by atoms with E-state index in [2.05, 4.69) is 25.6 Å². The Balaban J connectivity index is 1.49. The zero-order valence-electron chi connectivity index (χ0n) is 18.3. The summed E-state index contributed by atoms with van der Waals surface area (Å²) in [5, 5.41) is 14.3. The Morgan fingerprint density at radius 3 is 2.27 bits per heavy atom. The molecule has 2 N–H and O–H groups in total. The Bertz CT molecular complexity index is 1130. The molecule has 3 aromatic rings. The first-order valence-electron chi connectivity index (χ1n) is 9.82. The fourth-order valence-electron chi connectivity index (χ4n) is 2.76. The Hall–Kier alpha value is -3.86. The molecule has 0 saturated heterocycles. The summed E-state index contributed by atoms with van der Waals surface area (Å²) in [4.78, 5) is 36.0. The molecule has 2 amide bonds. The van der Waals surface area contributed by atoms with E-state index in [9.17, 15) is 14.4 Å². The molecule has 0 radical (unpaired) electrons. The number of thioether (sulfide) groups is 1. The minimum absolute atomic E-state index is 0.114. The number of rotatable bonds is 9. The van der Waals surface area contributed by atoms with E-state index >= 15 is 0 Å². The van der Waals surface area contributed by atoms with Crippen LogP contribution >= 0.6 is 11.8 Å². The van der Waals surface area contributed by atoms with Gasteiger partial charge in [-0.05, 0) is 48.5 Å². The van der Waals surface area contributed by atoms with Gasteiger partial charge < -0.3 is 24.7 Å². The first-order chi connectivity index (χ1) is 15.9. The predicted molar refractivity (Wildman–Crippen MR) is 122 cm³/mol. The van der Waals surface area contributed by atoms with Gasteiger partial charge in [0, 0.05) is 18.3 Å². The molecule has 1 aromatic heterocycles. The molecule has 33 heavy (non-hydrogen) atoms. The average molecular weight is 470 g/mol. The van der Waals surface area contributed by atoms with Gasteiger partial charge in [-0.1, -0.05) is 11.8 Å². The monoisotopic (exact) mass is 469 g/mol. The largest absolute Gasteiger partial charge is 0.497 e. The van der Waals surface area contributed by atoms with Gasteiger partial charge in [0.1, 0.15) is 5.75 Å². The third-order valence-electron chi connectivity index (χ3n) is 4.61. The molecule has 1 heterocycles. The normalized spacial score (nSPS) is 10.4. The lowest BCUT2D eigenvalue weighted by molar-refractivity contribution is -0.113. The maximum atomic E-state index is 12.3. The number of carbonyl (C=O) groups is 3. The number of anilines is 1. The topological polar surface area (TPSA) is 124 Å². The van der Waals surface area contributed by atoms with E-state index in [0.717, 1.165) is 0 Å². The Morgan fingerprint density at radius 1 is 0.970 bits per heavy atom. The van der Waals surface area contributed by atoms with Crippen LogP contribution in [-0.2, 0) is 23.1 Å². The van der Waals surface area contributed by atoms with E-state index in [0.29, 0.717) is 33.5 Å². The van der Waals surface area contributed by atoms with Crippen molar-refractivity contribution in [2.45, 2.75) is 11.7 Å². The van der Waals surface area contributed by atoms with Crippen molar-refractivity contribution >= 4 is 35.2 Å². The van der Waals surface area contributed by atoms with Crippen LogP contribution in [-0.4, -0.2) is 52.5 Å². The number of methoxy groups -OCH3 is 2. The van der Waals surface area contributed by atoms with Crippen LogP contribution in [0.25, 0.3) is 0 Å². The summed E-state index contributed by atoms with van der Waals surface area (Å²) in [6, 6.07) is 13.2. The van der Waals surface area contributed by atoms with Crippen LogP contribution in [0.3, 0.4) is 0 Å². The first-order valence-corrected chi connectivity index (χ1v) is 10.8. The van der Waals surface area contributed by atoms with Gasteiger partial charge >= 0.3 is 5.97 Å². The molecule has 0 aliphatic heterocycles. The lowest BCUT2D eigenvalue weighted by atomic mass is 10.2. The van der Waals surface area contributed by atoms with Crippen molar-refractivity contribution in [2.24, 2.45) is 7.05 Å². The SMILES string of the molecule is COC(=O)c1ccc(NC(=O)CSc2nnc(CNC(=O)c3ccc(OC)cc3)n2C)cc1. The number of amides is 2. The molecular weight excluding hydrogens is 446 g/mol. The van der Waals surface area contributed by atoms with Crippen molar-refractivity contribution in [3.63, 3.8) is 0 Å². The van der Waals surface area contributed by atoms with E-state index in [1.165, 1.54) is 18.9 Å². The zero-order chi connectivity index (χ0) is 23.8. The van der Waals surface area contributed by atoms with Crippen LogP contribution < -0.4 is 15.4 Å². The highest BCUT2D eigenvalue weighted by Crippen LogP contribution is 2.17. The Morgan fingerprint density at radius 2 is 1.64 bits per heavy atom. The fraction of sp³-hybridized carbons (Fsp3) is 0.227.